The van der Waals surface area contributed by atoms with E-state index in [-0.39, 0.29) is 5.75 Å². The van der Waals surface area contributed by atoms with E-state index in [1.165, 1.54) is 6.07 Å². The van der Waals surface area contributed by atoms with Crippen molar-refractivity contribution in [2.75, 3.05) is 6.61 Å². The molecule has 0 spiro atoms. The molecule has 1 heterocycles. The second-order valence-corrected chi connectivity index (χ2v) is 4.78. The molecule has 0 fully saturated rings. The summed E-state index contributed by atoms with van der Waals surface area (Å²) in [6.07, 6.45) is 0. The van der Waals surface area contributed by atoms with Gasteiger partial charge in [0.2, 0.25) is 0 Å². The van der Waals surface area contributed by atoms with Crippen LogP contribution < -0.4 is 9.47 Å². The van der Waals surface area contributed by atoms with Gasteiger partial charge in [0.15, 0.2) is 17.3 Å². The Kier molecular flexibility index (Phi) is 2.18. The predicted molar refractivity (Wildman–Crippen MR) is 54.3 cm³/mol. The Labute approximate surface area is 90.1 Å². The van der Waals surface area contributed by atoms with E-state index in [4.69, 9.17) is 9.47 Å². The average Bonchev–Trinajstić information content (AvgIpc) is 2.00. The fraction of sp³-hybridized carbons (Fsp3) is 0.400. The highest BCUT2D eigenvalue weighted by molar-refractivity contribution is 9.10. The molecular formula is C10H10BrFO2. The van der Waals surface area contributed by atoms with Crippen molar-refractivity contribution >= 4 is 15.9 Å². The molecule has 2 nitrogen and oxygen atoms in total. The summed E-state index contributed by atoms with van der Waals surface area (Å²) >= 11 is 3.20. The number of halogens is 2. The van der Waals surface area contributed by atoms with Crippen molar-refractivity contribution in [2.45, 2.75) is 19.4 Å². The molecule has 4 heteroatoms. The molecular weight excluding hydrogens is 251 g/mol. The van der Waals surface area contributed by atoms with Crippen molar-refractivity contribution in [1.29, 1.82) is 0 Å². The van der Waals surface area contributed by atoms with Gasteiger partial charge in [0, 0.05) is 4.47 Å². The van der Waals surface area contributed by atoms with Crippen molar-refractivity contribution in [2.24, 2.45) is 0 Å². The molecule has 1 aliphatic rings. The minimum Gasteiger partial charge on any atom is -0.483 e. The van der Waals surface area contributed by atoms with Crippen LogP contribution in [0.1, 0.15) is 13.8 Å². The molecule has 0 radical (unpaired) electrons. The summed E-state index contributed by atoms with van der Waals surface area (Å²) < 4.78 is 24.9. The Morgan fingerprint density at radius 3 is 2.86 bits per heavy atom. The monoisotopic (exact) mass is 260 g/mol. The Balaban J connectivity index is 2.47. The van der Waals surface area contributed by atoms with E-state index >= 15 is 0 Å². The lowest BCUT2D eigenvalue weighted by atomic mass is 10.1. The maximum absolute atomic E-state index is 13.3. The molecule has 0 saturated carbocycles. The van der Waals surface area contributed by atoms with Crippen molar-refractivity contribution in [1.82, 2.24) is 0 Å². The zero-order chi connectivity index (χ0) is 10.3. The molecule has 1 aliphatic heterocycles. The maximum Gasteiger partial charge on any atom is 0.197 e. The van der Waals surface area contributed by atoms with Crippen LogP contribution in [0.4, 0.5) is 4.39 Å². The highest BCUT2D eigenvalue weighted by Crippen LogP contribution is 2.39. The van der Waals surface area contributed by atoms with E-state index in [1.807, 2.05) is 13.8 Å². The molecule has 0 saturated heterocycles. The maximum atomic E-state index is 13.3. The molecule has 1 aromatic carbocycles. The Hall–Kier alpha value is -0.770. The average molecular weight is 261 g/mol. The summed E-state index contributed by atoms with van der Waals surface area (Å²) in [5.74, 6) is 0.255. The third-order valence-electron chi connectivity index (χ3n) is 1.92. The minimum atomic E-state index is -0.403. The van der Waals surface area contributed by atoms with Gasteiger partial charge in [0.1, 0.15) is 12.2 Å². The van der Waals surface area contributed by atoms with E-state index < -0.39 is 11.4 Å². The molecule has 1 aromatic rings. The Bertz CT molecular complexity index is 377. The predicted octanol–water partition coefficient (Wildman–Crippen LogP) is 3.14. The first-order valence-electron chi connectivity index (χ1n) is 4.29. The van der Waals surface area contributed by atoms with E-state index in [1.54, 1.807) is 6.07 Å². The second kappa shape index (κ2) is 3.12. The summed E-state index contributed by atoms with van der Waals surface area (Å²) in [6.45, 7) is 4.15. The lowest BCUT2D eigenvalue weighted by molar-refractivity contribution is 0.0184. The zero-order valence-electron chi connectivity index (χ0n) is 7.93. The topological polar surface area (TPSA) is 18.5 Å². The third kappa shape index (κ3) is 1.71. The molecule has 14 heavy (non-hydrogen) atoms. The highest BCUT2D eigenvalue weighted by Gasteiger charge is 2.30. The largest absolute Gasteiger partial charge is 0.483 e. The number of ether oxygens (including phenoxy) is 2. The van der Waals surface area contributed by atoms with Crippen LogP contribution in [0, 0.1) is 5.82 Å². The molecule has 76 valence electrons. The van der Waals surface area contributed by atoms with Crippen LogP contribution in [-0.4, -0.2) is 12.2 Å². The standard InChI is InChI=1S/C10H10BrFO2/c1-10(2)5-13-9-7(12)3-6(11)4-8(9)14-10/h3-4H,5H2,1-2H3. The lowest BCUT2D eigenvalue weighted by Gasteiger charge is -2.32. The molecule has 0 aromatic heterocycles. The number of hydrogen-bond acceptors (Lipinski definition) is 2. The van der Waals surface area contributed by atoms with Crippen LogP contribution in [-0.2, 0) is 0 Å². The van der Waals surface area contributed by atoms with Crippen LogP contribution in [0.25, 0.3) is 0 Å². The van der Waals surface area contributed by atoms with Gasteiger partial charge < -0.3 is 9.47 Å². The fourth-order valence-electron chi connectivity index (χ4n) is 1.33. The van der Waals surface area contributed by atoms with Crippen molar-refractivity contribution in [3.63, 3.8) is 0 Å². The molecule has 0 aliphatic carbocycles. The molecule has 0 N–H and O–H groups in total. The van der Waals surface area contributed by atoms with Gasteiger partial charge in [-0.2, -0.15) is 0 Å². The van der Waals surface area contributed by atoms with Crippen molar-refractivity contribution in [3.05, 3.63) is 22.4 Å². The van der Waals surface area contributed by atoms with E-state index in [9.17, 15) is 4.39 Å². The van der Waals surface area contributed by atoms with E-state index in [0.717, 1.165) is 0 Å². The first-order valence-corrected chi connectivity index (χ1v) is 5.08. The Morgan fingerprint density at radius 2 is 2.14 bits per heavy atom. The van der Waals surface area contributed by atoms with Crippen LogP contribution >= 0.6 is 15.9 Å². The summed E-state index contributed by atoms with van der Waals surface area (Å²) in [7, 11) is 0. The van der Waals surface area contributed by atoms with Gasteiger partial charge in [-0.25, -0.2) is 4.39 Å². The molecule has 0 unspecified atom stereocenters. The molecule has 0 atom stereocenters. The first kappa shape index (κ1) is 9.77. The van der Waals surface area contributed by atoms with Crippen LogP contribution in [0.15, 0.2) is 16.6 Å². The summed E-state index contributed by atoms with van der Waals surface area (Å²) in [5, 5.41) is 0. The minimum absolute atomic E-state index is 0.201. The van der Waals surface area contributed by atoms with Crippen molar-refractivity contribution in [3.8, 4) is 11.5 Å². The SMILES string of the molecule is CC1(C)COc2c(F)cc(Br)cc2O1. The number of fused-ring (bicyclic) bond motifs is 1. The van der Waals surface area contributed by atoms with Gasteiger partial charge in [0.05, 0.1) is 0 Å². The molecule has 0 amide bonds. The number of hydrogen-bond donors (Lipinski definition) is 0. The quantitative estimate of drug-likeness (QED) is 0.714. The second-order valence-electron chi connectivity index (χ2n) is 3.87. The highest BCUT2D eigenvalue weighted by atomic mass is 79.9. The van der Waals surface area contributed by atoms with E-state index in [2.05, 4.69) is 15.9 Å². The first-order chi connectivity index (χ1) is 6.48. The van der Waals surface area contributed by atoms with Gasteiger partial charge >= 0.3 is 0 Å². The normalized spacial score (nSPS) is 18.0. The van der Waals surface area contributed by atoms with Crippen LogP contribution in [0.3, 0.4) is 0 Å². The zero-order valence-corrected chi connectivity index (χ0v) is 9.52. The fourth-order valence-corrected chi connectivity index (χ4v) is 1.73. The third-order valence-corrected chi connectivity index (χ3v) is 2.38. The summed E-state index contributed by atoms with van der Waals surface area (Å²) in [5.41, 5.74) is -0.403. The summed E-state index contributed by atoms with van der Waals surface area (Å²) in [4.78, 5) is 0. The van der Waals surface area contributed by atoms with Crippen molar-refractivity contribution < 1.29 is 13.9 Å². The number of benzene rings is 1. The number of rotatable bonds is 0. The van der Waals surface area contributed by atoms with Crippen LogP contribution in [0.2, 0.25) is 0 Å². The van der Waals surface area contributed by atoms with Gasteiger partial charge in [-0.05, 0) is 26.0 Å². The van der Waals surface area contributed by atoms with Gasteiger partial charge in [0.25, 0.3) is 0 Å². The smallest absolute Gasteiger partial charge is 0.197 e. The molecule has 0 bridgehead atoms. The van der Waals surface area contributed by atoms with Gasteiger partial charge in [-0.1, -0.05) is 15.9 Å². The Morgan fingerprint density at radius 1 is 1.43 bits per heavy atom. The lowest BCUT2D eigenvalue weighted by Crippen LogP contribution is -2.39. The molecule has 2 rings (SSSR count). The van der Waals surface area contributed by atoms with Gasteiger partial charge in [-0.3, -0.25) is 0 Å². The van der Waals surface area contributed by atoms with Gasteiger partial charge in [-0.15, -0.1) is 0 Å². The van der Waals surface area contributed by atoms with Crippen LogP contribution in [0.5, 0.6) is 11.5 Å². The van der Waals surface area contributed by atoms with E-state index in [0.29, 0.717) is 16.8 Å². The summed E-state index contributed by atoms with van der Waals surface area (Å²) in [6, 6.07) is 3.07.